The van der Waals surface area contributed by atoms with E-state index in [2.05, 4.69) is 73.7 Å². The fourth-order valence-electron chi connectivity index (χ4n) is 5.05. The highest BCUT2D eigenvalue weighted by Crippen LogP contribution is 2.44. The molecule has 2 aliphatic rings. The highest BCUT2D eigenvalue weighted by atomic mass is 16.2. The van der Waals surface area contributed by atoms with Crippen molar-refractivity contribution < 1.29 is 4.79 Å². The third kappa shape index (κ3) is 2.36. The number of nitrogens with zero attached hydrogens (tertiary/aromatic N) is 1. The molecular weight excluding hydrogens is 330 g/mol. The number of benzene rings is 3. The Bertz CT molecular complexity index is 1090. The van der Waals surface area contributed by atoms with E-state index in [1.54, 1.807) is 6.08 Å². The third-order valence-electron chi connectivity index (χ3n) is 6.55. The lowest BCUT2D eigenvalue weighted by molar-refractivity contribution is -0.129. The number of likely N-dealkylation sites (N-methyl/N-ethyl adjacent to an activating group) is 1. The zero-order valence-electron chi connectivity index (χ0n) is 15.8. The summed E-state index contributed by atoms with van der Waals surface area (Å²) in [6, 6.07) is 22.2. The largest absolute Gasteiger partial charge is 0.338 e. The van der Waals surface area contributed by atoms with Crippen molar-refractivity contribution >= 4 is 16.7 Å². The first-order chi connectivity index (χ1) is 13.1. The maximum absolute atomic E-state index is 12.1. The van der Waals surface area contributed by atoms with Crippen LogP contribution in [-0.2, 0) is 16.6 Å². The number of rotatable bonds is 1. The second kappa shape index (κ2) is 5.82. The van der Waals surface area contributed by atoms with Crippen LogP contribution < -0.4 is 0 Å². The Labute approximate surface area is 160 Å². The van der Waals surface area contributed by atoms with E-state index in [1.165, 1.54) is 33.0 Å². The summed E-state index contributed by atoms with van der Waals surface area (Å²) in [5, 5.41) is 2.57. The molecular formula is C25H23NO. The van der Waals surface area contributed by atoms with Crippen LogP contribution in [0.4, 0.5) is 0 Å². The summed E-state index contributed by atoms with van der Waals surface area (Å²) >= 11 is 0. The number of hydrogen-bond donors (Lipinski definition) is 0. The molecule has 0 fully saturated rings. The average molecular weight is 353 g/mol. The van der Waals surface area contributed by atoms with Crippen molar-refractivity contribution in [3.05, 3.63) is 83.9 Å². The van der Waals surface area contributed by atoms with Crippen molar-refractivity contribution in [1.82, 2.24) is 4.90 Å². The molecule has 2 nitrogen and oxygen atoms in total. The molecule has 0 bridgehead atoms. The molecule has 0 N–H and O–H groups in total. The summed E-state index contributed by atoms with van der Waals surface area (Å²) in [5.74, 6) is 0.119. The molecule has 2 atom stereocenters. The predicted molar refractivity (Wildman–Crippen MR) is 111 cm³/mol. The van der Waals surface area contributed by atoms with Gasteiger partial charge < -0.3 is 4.90 Å². The summed E-state index contributed by atoms with van der Waals surface area (Å²) in [6.07, 6.45) is 5.88. The monoisotopic (exact) mass is 353 g/mol. The standard InChI is InChI=1S/C25H23NO/c1-25-15-14-24(27)26(2)23(25)13-11-19-16-18(10-12-22(19)25)21-9-5-7-17-6-3-4-8-20(17)21/h3-10,12,14-16,23H,11,13H2,1-2H3/t23-,25-/m1/s1. The molecule has 0 saturated carbocycles. The van der Waals surface area contributed by atoms with E-state index in [4.69, 9.17) is 0 Å². The minimum Gasteiger partial charge on any atom is -0.338 e. The normalized spacial score (nSPS) is 24.0. The Kier molecular flexibility index (Phi) is 3.51. The molecule has 27 heavy (non-hydrogen) atoms. The second-order valence-corrected chi connectivity index (χ2v) is 8.02. The Hall–Kier alpha value is -2.87. The number of carbonyl (C=O) groups excluding carboxylic acids is 1. The molecule has 0 spiro atoms. The van der Waals surface area contributed by atoms with E-state index in [0.717, 1.165) is 12.8 Å². The van der Waals surface area contributed by atoms with Crippen molar-refractivity contribution in [3.63, 3.8) is 0 Å². The maximum atomic E-state index is 12.1. The Balaban J connectivity index is 1.65. The minimum atomic E-state index is -0.104. The Morgan fingerprint density at radius 3 is 2.74 bits per heavy atom. The highest BCUT2D eigenvalue weighted by Gasteiger charge is 2.44. The van der Waals surface area contributed by atoms with Gasteiger partial charge in [-0.1, -0.05) is 66.7 Å². The molecule has 3 aromatic carbocycles. The second-order valence-electron chi connectivity index (χ2n) is 8.02. The molecule has 2 heteroatoms. The maximum Gasteiger partial charge on any atom is 0.246 e. The molecule has 1 amide bonds. The van der Waals surface area contributed by atoms with E-state index in [0.29, 0.717) is 0 Å². The van der Waals surface area contributed by atoms with Crippen LogP contribution in [0.2, 0.25) is 0 Å². The van der Waals surface area contributed by atoms with Gasteiger partial charge in [0.05, 0.1) is 0 Å². The average Bonchev–Trinajstić information content (AvgIpc) is 2.70. The van der Waals surface area contributed by atoms with Crippen LogP contribution in [0.3, 0.4) is 0 Å². The fraction of sp³-hybridized carbons (Fsp3) is 0.240. The lowest BCUT2D eigenvalue weighted by Crippen LogP contribution is -2.53. The first-order valence-corrected chi connectivity index (χ1v) is 9.65. The van der Waals surface area contributed by atoms with Crippen molar-refractivity contribution in [2.24, 2.45) is 0 Å². The van der Waals surface area contributed by atoms with Crippen LogP contribution in [0.25, 0.3) is 21.9 Å². The molecule has 0 radical (unpaired) electrons. The van der Waals surface area contributed by atoms with Crippen LogP contribution in [0, 0.1) is 0 Å². The number of carbonyl (C=O) groups is 1. The van der Waals surface area contributed by atoms with Gasteiger partial charge in [0, 0.05) is 24.6 Å². The van der Waals surface area contributed by atoms with E-state index in [1.807, 2.05) is 11.9 Å². The fourth-order valence-corrected chi connectivity index (χ4v) is 5.05. The van der Waals surface area contributed by atoms with E-state index >= 15 is 0 Å². The molecule has 0 saturated heterocycles. The van der Waals surface area contributed by atoms with Crippen molar-refractivity contribution in [3.8, 4) is 11.1 Å². The molecule has 0 aromatic heterocycles. The van der Waals surface area contributed by atoms with Gasteiger partial charge >= 0.3 is 0 Å². The quantitative estimate of drug-likeness (QED) is 0.595. The summed E-state index contributed by atoms with van der Waals surface area (Å²) in [4.78, 5) is 14.0. The van der Waals surface area contributed by atoms with Crippen LogP contribution in [0.15, 0.2) is 72.8 Å². The minimum absolute atomic E-state index is 0.104. The zero-order valence-corrected chi connectivity index (χ0v) is 15.8. The zero-order chi connectivity index (χ0) is 18.6. The van der Waals surface area contributed by atoms with Crippen molar-refractivity contribution in [2.75, 3.05) is 7.05 Å². The Morgan fingerprint density at radius 1 is 1.04 bits per heavy atom. The van der Waals surface area contributed by atoms with E-state index < -0.39 is 0 Å². The van der Waals surface area contributed by atoms with Crippen LogP contribution >= 0.6 is 0 Å². The number of amides is 1. The van der Waals surface area contributed by atoms with Gasteiger partial charge in [-0.3, -0.25) is 4.79 Å². The number of aryl methyl sites for hydroxylation is 1. The lowest BCUT2D eigenvalue weighted by atomic mass is 9.65. The number of fused-ring (bicyclic) bond motifs is 4. The molecule has 1 heterocycles. The van der Waals surface area contributed by atoms with Crippen molar-refractivity contribution in [1.29, 1.82) is 0 Å². The lowest BCUT2D eigenvalue weighted by Gasteiger charge is -2.47. The Morgan fingerprint density at radius 2 is 1.85 bits per heavy atom. The van der Waals surface area contributed by atoms with Gasteiger partial charge in [-0.05, 0) is 52.8 Å². The molecule has 0 unspecified atom stereocenters. The van der Waals surface area contributed by atoms with Gasteiger partial charge in [0.15, 0.2) is 0 Å². The van der Waals surface area contributed by atoms with Crippen LogP contribution in [0.5, 0.6) is 0 Å². The molecule has 3 aromatic rings. The molecule has 134 valence electrons. The van der Waals surface area contributed by atoms with Gasteiger partial charge in [0.1, 0.15) is 0 Å². The van der Waals surface area contributed by atoms with E-state index in [9.17, 15) is 4.79 Å². The summed E-state index contributed by atoms with van der Waals surface area (Å²) in [7, 11) is 1.93. The first kappa shape index (κ1) is 16.3. The van der Waals surface area contributed by atoms with Gasteiger partial charge in [-0.2, -0.15) is 0 Å². The topological polar surface area (TPSA) is 20.3 Å². The smallest absolute Gasteiger partial charge is 0.246 e. The highest BCUT2D eigenvalue weighted by molar-refractivity contribution is 5.96. The van der Waals surface area contributed by atoms with Crippen molar-refractivity contribution in [2.45, 2.75) is 31.2 Å². The summed E-state index contributed by atoms with van der Waals surface area (Å²) in [6.45, 7) is 2.27. The molecule has 1 aliphatic carbocycles. The van der Waals surface area contributed by atoms with E-state index in [-0.39, 0.29) is 17.4 Å². The number of hydrogen-bond acceptors (Lipinski definition) is 1. The van der Waals surface area contributed by atoms with Gasteiger partial charge in [0.2, 0.25) is 5.91 Å². The summed E-state index contributed by atoms with van der Waals surface area (Å²) < 4.78 is 0. The van der Waals surface area contributed by atoms with Gasteiger partial charge in [0.25, 0.3) is 0 Å². The molecule has 5 rings (SSSR count). The molecule has 1 aliphatic heterocycles. The van der Waals surface area contributed by atoms with Crippen LogP contribution in [0.1, 0.15) is 24.5 Å². The SMILES string of the molecule is CN1C(=O)C=C[C@]2(C)c3ccc(-c4cccc5ccccc45)cc3CC[C@@H]12. The predicted octanol–water partition coefficient (Wildman–Crippen LogP) is 5.11. The van der Waals surface area contributed by atoms with Gasteiger partial charge in [-0.15, -0.1) is 0 Å². The first-order valence-electron chi connectivity index (χ1n) is 9.65. The summed E-state index contributed by atoms with van der Waals surface area (Å²) in [5.41, 5.74) is 5.23. The van der Waals surface area contributed by atoms with Crippen LogP contribution in [-0.4, -0.2) is 23.9 Å². The third-order valence-corrected chi connectivity index (χ3v) is 6.55. The van der Waals surface area contributed by atoms with Gasteiger partial charge in [-0.25, -0.2) is 0 Å².